The smallest absolute Gasteiger partial charge is 0.314 e. The first kappa shape index (κ1) is 24.9. The summed E-state index contributed by atoms with van der Waals surface area (Å²) in [5.41, 5.74) is 10.3. The van der Waals surface area contributed by atoms with Gasteiger partial charge in [0.15, 0.2) is 0 Å². The Morgan fingerprint density at radius 2 is 0.750 bits per heavy atom. The highest BCUT2D eigenvalue weighted by Gasteiger charge is 2.14. The minimum absolute atomic E-state index is 0.369. The number of anilines is 4. The van der Waals surface area contributed by atoms with E-state index >= 15 is 0 Å². The molecule has 0 aromatic heterocycles. The fourth-order valence-corrected chi connectivity index (χ4v) is 4.42. The molecule has 0 heterocycles. The highest BCUT2D eigenvalue weighted by molar-refractivity contribution is 5.72. The predicted octanol–water partition coefficient (Wildman–Crippen LogP) is 6.82. The number of para-hydroxylation sites is 4. The Hall–Kier alpha value is -4.25. The van der Waals surface area contributed by atoms with E-state index in [0.29, 0.717) is 13.1 Å². The molecule has 5 heteroatoms. The van der Waals surface area contributed by atoms with Crippen molar-refractivity contribution >= 4 is 28.8 Å². The van der Waals surface area contributed by atoms with Gasteiger partial charge >= 0.3 is 6.03 Å². The zero-order valence-corrected chi connectivity index (χ0v) is 20.6. The summed E-state index contributed by atoms with van der Waals surface area (Å²) in [5.74, 6) is 0. The van der Waals surface area contributed by atoms with Crippen LogP contribution in [0.25, 0.3) is 0 Å². The average molecular weight is 479 g/mol. The first-order valence-electron chi connectivity index (χ1n) is 12.5. The van der Waals surface area contributed by atoms with Gasteiger partial charge in [0.25, 0.3) is 0 Å². The van der Waals surface area contributed by atoms with Crippen LogP contribution in [0.1, 0.15) is 12.8 Å². The largest absolute Gasteiger partial charge is 0.351 e. The lowest BCUT2D eigenvalue weighted by Crippen LogP contribution is -2.39. The van der Waals surface area contributed by atoms with Gasteiger partial charge in [0.05, 0.1) is 0 Å². The zero-order valence-electron chi connectivity index (χ0n) is 20.6. The van der Waals surface area contributed by atoms with Crippen LogP contribution >= 0.6 is 0 Å². The minimum Gasteiger partial charge on any atom is -0.351 e. The van der Waals surface area contributed by atoms with Gasteiger partial charge in [-0.15, -0.1) is 0 Å². The molecule has 0 saturated heterocycles. The summed E-state index contributed by atoms with van der Waals surface area (Å²) in [6.07, 6.45) is 1.63. The van der Waals surface area contributed by atoms with Crippen molar-refractivity contribution in [2.75, 3.05) is 36.0 Å². The monoisotopic (exact) mass is 478 g/mol. The molecule has 184 valence electrons. The molecule has 0 radical (unpaired) electrons. The Balaban J connectivity index is 1.37. The number of amides is 2. The van der Waals surface area contributed by atoms with Crippen molar-refractivity contribution in [3.05, 3.63) is 121 Å². The van der Waals surface area contributed by atoms with E-state index in [1.165, 1.54) is 0 Å². The van der Waals surface area contributed by atoms with Crippen molar-refractivity contribution in [3.63, 3.8) is 0 Å². The predicted molar refractivity (Wildman–Crippen MR) is 150 cm³/mol. The molecule has 0 fully saturated rings. The number of primary amides is 1. The molecular weight excluding hydrogens is 444 g/mol. The minimum atomic E-state index is -0.369. The van der Waals surface area contributed by atoms with E-state index in [1.807, 2.05) is 72.8 Å². The van der Waals surface area contributed by atoms with Crippen molar-refractivity contribution in [1.29, 1.82) is 0 Å². The third-order valence-electron chi connectivity index (χ3n) is 6.20. The third-order valence-corrected chi connectivity index (χ3v) is 6.20. The number of rotatable bonds is 12. The second kappa shape index (κ2) is 13.0. The van der Waals surface area contributed by atoms with E-state index < -0.39 is 0 Å². The highest BCUT2D eigenvalue weighted by Crippen LogP contribution is 2.26. The fourth-order valence-electron chi connectivity index (χ4n) is 4.42. The maximum atomic E-state index is 12.3. The SMILES string of the molecule is NC(=O)N(CCCN(c1ccccc1)c1ccccc1)CCCN(c1ccccc1)c1ccccc1. The van der Waals surface area contributed by atoms with Crippen molar-refractivity contribution in [1.82, 2.24) is 4.90 Å². The summed E-state index contributed by atoms with van der Waals surface area (Å²) < 4.78 is 0. The molecule has 5 nitrogen and oxygen atoms in total. The Morgan fingerprint density at radius 1 is 0.472 bits per heavy atom. The molecule has 0 bridgehead atoms. The van der Waals surface area contributed by atoms with E-state index in [0.717, 1.165) is 48.7 Å². The molecule has 0 unspecified atom stereocenters. The number of benzene rings is 4. The highest BCUT2D eigenvalue weighted by atomic mass is 16.2. The van der Waals surface area contributed by atoms with Crippen molar-refractivity contribution in [3.8, 4) is 0 Å². The van der Waals surface area contributed by atoms with Crippen LogP contribution in [-0.4, -0.2) is 37.1 Å². The molecule has 0 aliphatic rings. The summed E-state index contributed by atoms with van der Waals surface area (Å²) in [5, 5.41) is 0. The van der Waals surface area contributed by atoms with Crippen LogP contribution in [0.3, 0.4) is 0 Å². The number of hydrogen-bond donors (Lipinski definition) is 1. The van der Waals surface area contributed by atoms with Gasteiger partial charge in [0, 0.05) is 48.9 Å². The topological polar surface area (TPSA) is 52.8 Å². The lowest BCUT2D eigenvalue weighted by atomic mass is 10.2. The quantitative estimate of drug-likeness (QED) is 0.243. The van der Waals surface area contributed by atoms with Gasteiger partial charge in [-0.1, -0.05) is 72.8 Å². The summed E-state index contributed by atoms with van der Waals surface area (Å²) >= 11 is 0. The molecule has 0 aliphatic carbocycles. The van der Waals surface area contributed by atoms with E-state index in [-0.39, 0.29) is 6.03 Å². The lowest BCUT2D eigenvalue weighted by Gasteiger charge is -2.28. The first-order chi connectivity index (χ1) is 17.7. The van der Waals surface area contributed by atoms with Gasteiger partial charge in [-0.3, -0.25) is 0 Å². The van der Waals surface area contributed by atoms with Crippen LogP contribution in [-0.2, 0) is 0 Å². The van der Waals surface area contributed by atoms with Crippen molar-refractivity contribution < 1.29 is 4.79 Å². The van der Waals surface area contributed by atoms with E-state index in [1.54, 1.807) is 4.90 Å². The van der Waals surface area contributed by atoms with Gasteiger partial charge in [-0.2, -0.15) is 0 Å². The standard InChI is InChI=1S/C31H34N4O/c32-31(36)33(23-13-25-34(27-15-5-1-6-16-27)28-17-7-2-8-18-28)24-14-26-35(29-19-9-3-10-20-29)30-21-11-4-12-22-30/h1-12,15-22H,13-14,23-26H2,(H2,32,36). The second-order valence-corrected chi connectivity index (χ2v) is 8.68. The zero-order chi connectivity index (χ0) is 25.0. The third kappa shape index (κ3) is 6.89. The van der Waals surface area contributed by atoms with Gasteiger partial charge in [0.2, 0.25) is 0 Å². The van der Waals surface area contributed by atoms with Crippen molar-refractivity contribution in [2.24, 2.45) is 5.73 Å². The molecule has 4 aromatic carbocycles. The lowest BCUT2D eigenvalue weighted by molar-refractivity contribution is 0.206. The Labute approximate surface area is 214 Å². The molecule has 4 rings (SSSR count). The molecule has 2 N–H and O–H groups in total. The number of carbonyl (C=O) groups excluding carboxylic acids is 1. The molecule has 0 saturated carbocycles. The van der Waals surface area contributed by atoms with Gasteiger partial charge < -0.3 is 20.4 Å². The molecule has 4 aromatic rings. The molecule has 36 heavy (non-hydrogen) atoms. The van der Waals surface area contributed by atoms with Crippen LogP contribution in [0.2, 0.25) is 0 Å². The summed E-state index contributed by atoms with van der Waals surface area (Å²) in [4.78, 5) is 18.6. The Morgan fingerprint density at radius 3 is 1.00 bits per heavy atom. The van der Waals surface area contributed by atoms with Crippen LogP contribution < -0.4 is 15.5 Å². The van der Waals surface area contributed by atoms with E-state index in [4.69, 9.17) is 5.73 Å². The maximum Gasteiger partial charge on any atom is 0.314 e. The first-order valence-corrected chi connectivity index (χ1v) is 12.5. The molecule has 2 amide bonds. The summed E-state index contributed by atoms with van der Waals surface area (Å²) in [6, 6.07) is 41.0. The normalized spacial score (nSPS) is 10.6. The molecular formula is C31H34N4O. The van der Waals surface area contributed by atoms with Crippen LogP contribution in [0, 0.1) is 0 Å². The van der Waals surface area contributed by atoms with Gasteiger partial charge in [0.1, 0.15) is 0 Å². The van der Waals surface area contributed by atoms with E-state index in [9.17, 15) is 4.79 Å². The van der Waals surface area contributed by atoms with Crippen molar-refractivity contribution in [2.45, 2.75) is 12.8 Å². The maximum absolute atomic E-state index is 12.3. The number of nitrogens with two attached hydrogens (primary N) is 1. The van der Waals surface area contributed by atoms with Crippen LogP contribution in [0.5, 0.6) is 0 Å². The fraction of sp³-hybridized carbons (Fsp3) is 0.194. The Kier molecular flexibility index (Phi) is 8.98. The molecule has 0 spiro atoms. The van der Waals surface area contributed by atoms with Gasteiger partial charge in [-0.25, -0.2) is 4.79 Å². The number of urea groups is 1. The molecule has 0 atom stereocenters. The number of carbonyl (C=O) groups is 1. The van der Waals surface area contributed by atoms with Crippen LogP contribution in [0.4, 0.5) is 27.5 Å². The van der Waals surface area contributed by atoms with Crippen LogP contribution in [0.15, 0.2) is 121 Å². The number of nitrogens with zero attached hydrogens (tertiary/aromatic N) is 3. The molecule has 0 aliphatic heterocycles. The Bertz CT molecular complexity index is 1000. The average Bonchev–Trinajstić information content (AvgIpc) is 2.94. The summed E-state index contributed by atoms with van der Waals surface area (Å²) in [6.45, 7) is 2.81. The van der Waals surface area contributed by atoms with E-state index in [2.05, 4.69) is 58.3 Å². The second-order valence-electron chi connectivity index (χ2n) is 8.68. The van der Waals surface area contributed by atoms with Gasteiger partial charge in [-0.05, 0) is 61.4 Å². The summed E-state index contributed by atoms with van der Waals surface area (Å²) in [7, 11) is 0. The number of hydrogen-bond acceptors (Lipinski definition) is 3.